The molecule has 0 spiro atoms. The second-order valence-electron chi connectivity index (χ2n) is 5.05. The number of likely N-dealkylation sites (N-methyl/N-ethyl adjacent to an activating group) is 1. The number of amides is 2. The highest BCUT2D eigenvalue weighted by molar-refractivity contribution is 5.84. The monoisotopic (exact) mass is 272 g/mol. The summed E-state index contributed by atoms with van der Waals surface area (Å²) >= 11 is 0. The smallest absolute Gasteiger partial charge is 0.303 e. The number of hydrogen-bond acceptors (Lipinski definition) is 3. The Morgan fingerprint density at radius 2 is 1.74 bits per heavy atom. The fourth-order valence-corrected chi connectivity index (χ4v) is 1.42. The van der Waals surface area contributed by atoms with Gasteiger partial charge in [0.2, 0.25) is 11.8 Å². The molecule has 0 saturated carbocycles. The van der Waals surface area contributed by atoms with Crippen molar-refractivity contribution in [2.75, 3.05) is 20.1 Å². The topological polar surface area (TPSA) is 86.7 Å². The molecule has 110 valence electrons. The van der Waals surface area contributed by atoms with Gasteiger partial charge in [0.1, 0.15) is 0 Å². The van der Waals surface area contributed by atoms with Crippen LogP contribution in [0.25, 0.3) is 0 Å². The summed E-state index contributed by atoms with van der Waals surface area (Å²) in [5.74, 6) is -0.782. The van der Waals surface area contributed by atoms with Crippen LogP contribution in [-0.2, 0) is 14.4 Å². The summed E-state index contributed by atoms with van der Waals surface area (Å²) in [6, 6.07) is 0. The zero-order valence-corrected chi connectivity index (χ0v) is 11.9. The predicted octanol–water partition coefficient (Wildman–Crippen LogP) is 0.862. The molecule has 0 aliphatic rings. The van der Waals surface area contributed by atoms with Crippen molar-refractivity contribution in [2.45, 2.75) is 39.5 Å². The van der Waals surface area contributed by atoms with Crippen LogP contribution in [0.2, 0.25) is 0 Å². The first kappa shape index (κ1) is 17.4. The third-order valence-corrected chi connectivity index (χ3v) is 2.55. The normalized spacial score (nSPS) is 10.3. The van der Waals surface area contributed by atoms with Crippen molar-refractivity contribution in [1.82, 2.24) is 10.2 Å². The van der Waals surface area contributed by atoms with Crippen molar-refractivity contribution in [3.8, 4) is 0 Å². The second kappa shape index (κ2) is 9.35. The zero-order chi connectivity index (χ0) is 14.8. The Labute approximate surface area is 114 Å². The van der Waals surface area contributed by atoms with Gasteiger partial charge in [0.05, 0.1) is 6.54 Å². The molecule has 0 atom stereocenters. The van der Waals surface area contributed by atoms with Crippen LogP contribution >= 0.6 is 0 Å². The lowest BCUT2D eigenvalue weighted by Gasteiger charge is -2.17. The van der Waals surface area contributed by atoms with E-state index in [-0.39, 0.29) is 31.2 Å². The lowest BCUT2D eigenvalue weighted by molar-refractivity contribution is -0.137. The van der Waals surface area contributed by atoms with Gasteiger partial charge < -0.3 is 15.3 Å². The minimum Gasteiger partial charge on any atom is -0.481 e. The molecule has 0 rings (SSSR count). The molecule has 0 aliphatic heterocycles. The third-order valence-electron chi connectivity index (χ3n) is 2.55. The van der Waals surface area contributed by atoms with Gasteiger partial charge in [-0.2, -0.15) is 0 Å². The summed E-state index contributed by atoms with van der Waals surface area (Å²) < 4.78 is 0. The quantitative estimate of drug-likeness (QED) is 0.609. The number of nitrogens with zero attached hydrogens (tertiary/aromatic N) is 1. The third kappa shape index (κ3) is 10.1. The highest BCUT2D eigenvalue weighted by Gasteiger charge is 2.12. The van der Waals surface area contributed by atoms with Crippen molar-refractivity contribution in [1.29, 1.82) is 0 Å². The molecule has 0 aliphatic carbocycles. The number of hydrogen-bond donors (Lipinski definition) is 2. The molecular weight excluding hydrogens is 248 g/mol. The Hall–Kier alpha value is -1.59. The van der Waals surface area contributed by atoms with Crippen LogP contribution in [0.1, 0.15) is 39.5 Å². The van der Waals surface area contributed by atoms with Crippen LogP contribution in [0.15, 0.2) is 0 Å². The first-order chi connectivity index (χ1) is 8.82. The minimum absolute atomic E-state index is 0.0461. The fraction of sp³-hybridized carbons (Fsp3) is 0.769. The van der Waals surface area contributed by atoms with Gasteiger partial charge in [0.15, 0.2) is 0 Å². The van der Waals surface area contributed by atoms with Gasteiger partial charge in [-0.05, 0) is 18.8 Å². The van der Waals surface area contributed by atoms with E-state index in [1.54, 1.807) is 7.05 Å². The van der Waals surface area contributed by atoms with Gasteiger partial charge >= 0.3 is 5.97 Å². The molecule has 0 saturated heterocycles. The van der Waals surface area contributed by atoms with E-state index in [1.165, 1.54) is 4.90 Å². The van der Waals surface area contributed by atoms with E-state index in [0.717, 1.165) is 0 Å². The Morgan fingerprint density at radius 3 is 2.26 bits per heavy atom. The summed E-state index contributed by atoms with van der Waals surface area (Å²) in [7, 11) is 1.58. The van der Waals surface area contributed by atoms with Crippen molar-refractivity contribution in [3.05, 3.63) is 0 Å². The molecule has 2 N–H and O–H groups in total. The van der Waals surface area contributed by atoms with Crippen molar-refractivity contribution in [2.24, 2.45) is 5.92 Å². The Morgan fingerprint density at radius 1 is 1.16 bits per heavy atom. The molecule has 19 heavy (non-hydrogen) atoms. The average Bonchev–Trinajstić information content (AvgIpc) is 2.31. The largest absolute Gasteiger partial charge is 0.481 e. The highest BCUT2D eigenvalue weighted by Crippen LogP contribution is 2.02. The van der Waals surface area contributed by atoms with E-state index in [2.05, 4.69) is 5.32 Å². The van der Waals surface area contributed by atoms with E-state index < -0.39 is 5.97 Å². The Balaban J connectivity index is 3.80. The van der Waals surface area contributed by atoms with Gasteiger partial charge in [0.25, 0.3) is 0 Å². The fourth-order valence-electron chi connectivity index (χ4n) is 1.42. The number of carboxylic acid groups (broad SMARTS) is 1. The van der Waals surface area contributed by atoms with Crippen LogP contribution in [0.4, 0.5) is 0 Å². The number of aliphatic carboxylic acids is 1. The molecule has 0 bridgehead atoms. The molecule has 0 aromatic rings. The van der Waals surface area contributed by atoms with Crippen LogP contribution in [-0.4, -0.2) is 47.9 Å². The van der Waals surface area contributed by atoms with Crippen molar-refractivity contribution in [3.63, 3.8) is 0 Å². The molecule has 6 heteroatoms. The summed E-state index contributed by atoms with van der Waals surface area (Å²) in [5.41, 5.74) is 0. The van der Waals surface area contributed by atoms with Crippen molar-refractivity contribution >= 4 is 17.8 Å². The molecule has 0 radical (unpaired) electrons. The first-order valence-electron chi connectivity index (χ1n) is 6.55. The lowest BCUT2D eigenvalue weighted by Crippen LogP contribution is -2.39. The molecule has 0 unspecified atom stereocenters. The zero-order valence-electron chi connectivity index (χ0n) is 11.9. The minimum atomic E-state index is -0.853. The maximum atomic E-state index is 11.7. The molecule has 0 aromatic heterocycles. The molecule has 6 nitrogen and oxygen atoms in total. The first-order valence-corrected chi connectivity index (χ1v) is 6.55. The van der Waals surface area contributed by atoms with Gasteiger partial charge in [-0.1, -0.05) is 13.8 Å². The van der Waals surface area contributed by atoms with Crippen LogP contribution in [0.3, 0.4) is 0 Å². The number of carbonyl (C=O) groups excluding carboxylic acids is 2. The van der Waals surface area contributed by atoms with E-state index in [0.29, 0.717) is 25.3 Å². The maximum absolute atomic E-state index is 11.7. The highest BCUT2D eigenvalue weighted by atomic mass is 16.4. The lowest BCUT2D eigenvalue weighted by atomic mass is 10.2. The molecule has 0 heterocycles. The van der Waals surface area contributed by atoms with E-state index in [9.17, 15) is 14.4 Å². The number of rotatable bonds is 9. The van der Waals surface area contributed by atoms with Gasteiger partial charge in [-0.3, -0.25) is 14.4 Å². The molecule has 0 fully saturated rings. The SMILES string of the molecule is CC(C)CNC(=O)CN(C)C(=O)CCCCC(=O)O. The molecule has 2 amide bonds. The van der Waals surface area contributed by atoms with Crippen LogP contribution in [0.5, 0.6) is 0 Å². The van der Waals surface area contributed by atoms with E-state index >= 15 is 0 Å². The van der Waals surface area contributed by atoms with Gasteiger partial charge in [0, 0.05) is 26.4 Å². The van der Waals surface area contributed by atoms with Gasteiger partial charge in [-0.15, -0.1) is 0 Å². The number of carboxylic acids is 1. The van der Waals surface area contributed by atoms with Crippen molar-refractivity contribution < 1.29 is 19.5 Å². The summed E-state index contributed by atoms with van der Waals surface area (Å²) in [4.78, 5) is 34.8. The standard InChI is InChI=1S/C13H24N2O4/c1-10(2)8-14-11(16)9-15(3)12(17)6-4-5-7-13(18)19/h10H,4-9H2,1-3H3,(H,14,16)(H,18,19). The summed E-state index contributed by atoms with van der Waals surface area (Å²) in [6.45, 7) is 4.64. The predicted molar refractivity (Wildman–Crippen MR) is 71.6 cm³/mol. The van der Waals surface area contributed by atoms with Crippen LogP contribution in [0, 0.1) is 5.92 Å². The maximum Gasteiger partial charge on any atom is 0.303 e. The number of nitrogens with one attached hydrogen (secondary N) is 1. The Kier molecular flexibility index (Phi) is 8.57. The number of unbranched alkanes of at least 4 members (excludes halogenated alkanes) is 1. The summed E-state index contributed by atoms with van der Waals surface area (Å²) in [6.07, 6.45) is 1.37. The average molecular weight is 272 g/mol. The van der Waals surface area contributed by atoms with Crippen LogP contribution < -0.4 is 5.32 Å². The number of carbonyl (C=O) groups is 3. The summed E-state index contributed by atoms with van der Waals surface area (Å²) in [5, 5.41) is 11.2. The molecular formula is C13H24N2O4. The Bertz CT molecular complexity index is 316. The van der Waals surface area contributed by atoms with Gasteiger partial charge in [-0.25, -0.2) is 0 Å². The van der Waals surface area contributed by atoms with E-state index in [1.807, 2.05) is 13.8 Å². The second-order valence-corrected chi connectivity index (χ2v) is 5.05. The molecule has 0 aromatic carbocycles. The van der Waals surface area contributed by atoms with E-state index in [4.69, 9.17) is 5.11 Å².